The molecule has 3 rings (SSSR count). The van der Waals surface area contributed by atoms with E-state index in [4.69, 9.17) is 14.2 Å². The van der Waals surface area contributed by atoms with Crippen molar-refractivity contribution in [3.63, 3.8) is 0 Å². The van der Waals surface area contributed by atoms with Crippen LogP contribution in [-0.4, -0.2) is 26.3 Å². The summed E-state index contributed by atoms with van der Waals surface area (Å²) in [6.45, 7) is 0.650. The average molecular weight is 356 g/mol. The predicted octanol–water partition coefficient (Wildman–Crippen LogP) is 4.45. The molecule has 25 heavy (non-hydrogen) atoms. The van der Waals surface area contributed by atoms with Crippen molar-refractivity contribution in [2.75, 3.05) is 26.6 Å². The number of hydrogen-bond acceptors (Lipinski definition) is 6. The van der Waals surface area contributed by atoms with Gasteiger partial charge in [0.2, 0.25) is 0 Å². The number of methoxy groups -OCH3 is 3. The highest BCUT2D eigenvalue weighted by Crippen LogP contribution is 2.35. The minimum Gasteiger partial charge on any atom is -0.497 e. The number of ether oxygens (including phenoxy) is 3. The number of rotatable bonds is 7. The van der Waals surface area contributed by atoms with E-state index in [-0.39, 0.29) is 0 Å². The minimum atomic E-state index is 0.650. The summed E-state index contributed by atoms with van der Waals surface area (Å²) in [6.07, 6.45) is 0. The quantitative estimate of drug-likeness (QED) is 0.678. The van der Waals surface area contributed by atoms with Crippen LogP contribution in [0.3, 0.4) is 0 Å². The molecule has 0 spiro atoms. The first-order valence-electron chi connectivity index (χ1n) is 7.79. The molecule has 0 radical (unpaired) electrons. The highest BCUT2D eigenvalue weighted by atomic mass is 32.1. The van der Waals surface area contributed by atoms with Crippen LogP contribution in [0.1, 0.15) is 5.56 Å². The van der Waals surface area contributed by atoms with Gasteiger partial charge in [-0.05, 0) is 18.2 Å². The molecule has 1 N–H and O–H groups in total. The van der Waals surface area contributed by atoms with Crippen molar-refractivity contribution < 1.29 is 14.2 Å². The van der Waals surface area contributed by atoms with Crippen LogP contribution in [0.15, 0.2) is 47.8 Å². The molecule has 1 heterocycles. The Bertz CT molecular complexity index is 848. The van der Waals surface area contributed by atoms with E-state index < -0.39 is 0 Å². The van der Waals surface area contributed by atoms with Crippen LogP contribution < -0.4 is 19.5 Å². The molecule has 3 aromatic rings. The van der Waals surface area contributed by atoms with Crippen LogP contribution >= 0.6 is 11.3 Å². The van der Waals surface area contributed by atoms with Gasteiger partial charge < -0.3 is 19.5 Å². The molecule has 0 amide bonds. The SMILES string of the molecule is COc1ccc(-c2csc(NCc3ccccc3OC)n2)c(OC)c1. The Hall–Kier alpha value is -2.73. The molecule has 0 saturated carbocycles. The van der Waals surface area contributed by atoms with Crippen molar-refractivity contribution in [2.24, 2.45) is 0 Å². The number of nitrogens with zero attached hydrogens (tertiary/aromatic N) is 1. The van der Waals surface area contributed by atoms with Gasteiger partial charge in [-0.25, -0.2) is 4.98 Å². The van der Waals surface area contributed by atoms with Crippen LogP contribution in [0, 0.1) is 0 Å². The van der Waals surface area contributed by atoms with E-state index in [9.17, 15) is 0 Å². The zero-order valence-corrected chi connectivity index (χ0v) is 15.2. The largest absolute Gasteiger partial charge is 0.497 e. The summed E-state index contributed by atoms with van der Waals surface area (Å²) >= 11 is 1.56. The summed E-state index contributed by atoms with van der Waals surface area (Å²) in [4.78, 5) is 4.66. The van der Waals surface area contributed by atoms with E-state index in [1.165, 1.54) is 0 Å². The molecule has 0 fully saturated rings. The lowest BCUT2D eigenvalue weighted by atomic mass is 10.1. The van der Waals surface area contributed by atoms with Crippen LogP contribution in [0.2, 0.25) is 0 Å². The van der Waals surface area contributed by atoms with E-state index in [0.29, 0.717) is 6.54 Å². The molecular weight excluding hydrogens is 336 g/mol. The first kappa shape index (κ1) is 17.1. The Morgan fingerprint density at radius 2 is 1.76 bits per heavy atom. The van der Waals surface area contributed by atoms with Gasteiger partial charge in [0, 0.05) is 29.1 Å². The Morgan fingerprint density at radius 1 is 0.960 bits per heavy atom. The van der Waals surface area contributed by atoms with E-state index in [1.807, 2.05) is 47.8 Å². The Balaban J connectivity index is 1.77. The molecule has 0 bridgehead atoms. The third-order valence-electron chi connectivity index (χ3n) is 3.81. The first-order chi connectivity index (χ1) is 12.2. The van der Waals surface area contributed by atoms with E-state index in [1.54, 1.807) is 32.7 Å². The highest BCUT2D eigenvalue weighted by Gasteiger charge is 2.11. The molecular formula is C19H20N2O3S. The summed E-state index contributed by atoms with van der Waals surface area (Å²) in [6, 6.07) is 13.7. The number of thiazole rings is 1. The van der Waals surface area contributed by atoms with Crippen molar-refractivity contribution in [1.82, 2.24) is 4.98 Å². The second-order valence-electron chi connectivity index (χ2n) is 5.27. The maximum Gasteiger partial charge on any atom is 0.183 e. The van der Waals surface area contributed by atoms with Gasteiger partial charge >= 0.3 is 0 Å². The molecule has 6 heteroatoms. The molecule has 2 aromatic carbocycles. The topological polar surface area (TPSA) is 52.6 Å². The third kappa shape index (κ3) is 3.85. The number of aromatic nitrogens is 1. The van der Waals surface area contributed by atoms with Crippen molar-refractivity contribution in [3.05, 3.63) is 53.4 Å². The Morgan fingerprint density at radius 3 is 2.52 bits per heavy atom. The second kappa shape index (κ2) is 7.90. The standard InChI is InChI=1S/C19H20N2O3S/c1-22-14-8-9-15(18(10-14)24-3)16-12-25-19(21-16)20-11-13-6-4-5-7-17(13)23-2/h4-10,12H,11H2,1-3H3,(H,20,21). The molecule has 1 aromatic heterocycles. The van der Waals surface area contributed by atoms with E-state index >= 15 is 0 Å². The van der Waals surface area contributed by atoms with Crippen molar-refractivity contribution >= 4 is 16.5 Å². The zero-order chi connectivity index (χ0) is 17.6. The smallest absolute Gasteiger partial charge is 0.183 e. The van der Waals surface area contributed by atoms with Gasteiger partial charge in [0.25, 0.3) is 0 Å². The van der Waals surface area contributed by atoms with Gasteiger partial charge in [0.15, 0.2) is 5.13 Å². The van der Waals surface area contributed by atoms with Crippen molar-refractivity contribution in [2.45, 2.75) is 6.54 Å². The van der Waals surface area contributed by atoms with Crippen LogP contribution in [0.25, 0.3) is 11.3 Å². The molecule has 0 saturated heterocycles. The van der Waals surface area contributed by atoms with Crippen LogP contribution in [-0.2, 0) is 6.54 Å². The molecule has 0 atom stereocenters. The summed E-state index contributed by atoms with van der Waals surface area (Å²) in [5, 5.41) is 6.20. The second-order valence-corrected chi connectivity index (χ2v) is 6.13. The lowest BCUT2D eigenvalue weighted by Crippen LogP contribution is -2.01. The maximum absolute atomic E-state index is 5.46. The maximum atomic E-state index is 5.46. The molecule has 130 valence electrons. The Labute approximate surface area is 151 Å². The number of benzene rings is 2. The first-order valence-corrected chi connectivity index (χ1v) is 8.66. The molecule has 0 aliphatic heterocycles. The number of hydrogen-bond donors (Lipinski definition) is 1. The molecule has 0 unspecified atom stereocenters. The van der Waals surface area contributed by atoms with Gasteiger partial charge in [0.05, 0.1) is 27.0 Å². The van der Waals surface area contributed by atoms with Gasteiger partial charge in [-0.15, -0.1) is 11.3 Å². The fraction of sp³-hybridized carbons (Fsp3) is 0.211. The van der Waals surface area contributed by atoms with Gasteiger partial charge in [-0.1, -0.05) is 18.2 Å². The van der Waals surface area contributed by atoms with Gasteiger partial charge in [-0.3, -0.25) is 0 Å². The van der Waals surface area contributed by atoms with Crippen molar-refractivity contribution in [3.8, 4) is 28.5 Å². The van der Waals surface area contributed by atoms with Gasteiger partial charge in [0.1, 0.15) is 17.2 Å². The third-order valence-corrected chi connectivity index (χ3v) is 4.61. The summed E-state index contributed by atoms with van der Waals surface area (Å²) in [7, 11) is 4.96. The van der Waals surface area contributed by atoms with E-state index in [2.05, 4.69) is 10.3 Å². The van der Waals surface area contributed by atoms with Gasteiger partial charge in [-0.2, -0.15) is 0 Å². The summed E-state index contributed by atoms with van der Waals surface area (Å²) in [5.74, 6) is 2.36. The normalized spacial score (nSPS) is 10.4. The number of para-hydroxylation sites is 1. The lowest BCUT2D eigenvalue weighted by molar-refractivity contribution is 0.395. The van der Waals surface area contributed by atoms with Crippen molar-refractivity contribution in [1.29, 1.82) is 0 Å². The minimum absolute atomic E-state index is 0.650. The summed E-state index contributed by atoms with van der Waals surface area (Å²) < 4.78 is 16.1. The van der Waals surface area contributed by atoms with Crippen LogP contribution in [0.5, 0.6) is 17.2 Å². The molecule has 0 aliphatic rings. The fourth-order valence-electron chi connectivity index (χ4n) is 2.51. The number of anilines is 1. The predicted molar refractivity (Wildman–Crippen MR) is 101 cm³/mol. The molecule has 5 nitrogen and oxygen atoms in total. The zero-order valence-electron chi connectivity index (χ0n) is 14.4. The van der Waals surface area contributed by atoms with Crippen LogP contribution in [0.4, 0.5) is 5.13 Å². The van der Waals surface area contributed by atoms with E-state index in [0.717, 1.165) is 39.2 Å². The molecule has 0 aliphatic carbocycles. The average Bonchev–Trinajstić information content (AvgIpc) is 3.14. The Kier molecular flexibility index (Phi) is 5.40. The summed E-state index contributed by atoms with van der Waals surface area (Å²) in [5.41, 5.74) is 2.89. The highest BCUT2D eigenvalue weighted by molar-refractivity contribution is 7.14. The lowest BCUT2D eigenvalue weighted by Gasteiger charge is -2.09. The number of nitrogens with one attached hydrogen (secondary N) is 1. The fourth-order valence-corrected chi connectivity index (χ4v) is 3.22. The monoisotopic (exact) mass is 356 g/mol.